The van der Waals surface area contributed by atoms with E-state index in [0.29, 0.717) is 29.2 Å². The molecule has 8 nitrogen and oxygen atoms in total. The minimum atomic E-state index is -0.435. The van der Waals surface area contributed by atoms with Gasteiger partial charge in [0.25, 0.3) is 5.56 Å². The third kappa shape index (κ3) is 3.38. The third-order valence-electron chi connectivity index (χ3n) is 4.25. The lowest BCUT2D eigenvalue weighted by Crippen LogP contribution is -2.41. The first-order chi connectivity index (χ1) is 13.2. The summed E-state index contributed by atoms with van der Waals surface area (Å²) < 4.78 is 13.0. The van der Waals surface area contributed by atoms with Crippen LogP contribution in [0.3, 0.4) is 0 Å². The number of H-pyrrole nitrogens is 1. The summed E-state index contributed by atoms with van der Waals surface area (Å²) in [6.45, 7) is 0.623. The van der Waals surface area contributed by atoms with Crippen LogP contribution in [-0.2, 0) is 24.2 Å². The van der Waals surface area contributed by atoms with Gasteiger partial charge in [0.2, 0.25) is 0 Å². The Morgan fingerprint density at radius 1 is 1.26 bits per heavy atom. The highest BCUT2D eigenvalue weighted by Gasteiger charge is 2.18. The number of aromatic amines is 1. The summed E-state index contributed by atoms with van der Waals surface area (Å²) in [6, 6.07) is 7.51. The van der Waals surface area contributed by atoms with Gasteiger partial charge in [-0.15, -0.1) is 11.3 Å². The van der Waals surface area contributed by atoms with Gasteiger partial charge >= 0.3 is 5.69 Å². The number of fused-ring (bicyclic) bond motifs is 1. The smallest absolute Gasteiger partial charge is 0.333 e. The summed E-state index contributed by atoms with van der Waals surface area (Å²) in [6.07, 6.45) is 2.12. The highest BCUT2D eigenvalue weighted by Crippen LogP contribution is 2.15. The van der Waals surface area contributed by atoms with Gasteiger partial charge in [-0.05, 0) is 23.6 Å². The van der Waals surface area contributed by atoms with E-state index in [0.717, 1.165) is 4.88 Å². The highest BCUT2D eigenvalue weighted by atomic mass is 32.1. The molecule has 0 aliphatic rings. The number of aromatic nitrogens is 4. The first-order valence-corrected chi connectivity index (χ1v) is 9.31. The normalized spacial score (nSPS) is 11.4. The van der Waals surface area contributed by atoms with E-state index in [1.165, 1.54) is 16.2 Å². The number of hydrogen-bond acceptors (Lipinski definition) is 6. The van der Waals surface area contributed by atoms with Gasteiger partial charge in [0.05, 0.1) is 26.0 Å². The molecule has 0 radical (unpaired) electrons. The number of imidazole rings is 1. The molecule has 140 valence electrons. The summed E-state index contributed by atoms with van der Waals surface area (Å²) in [7, 11) is 1.53. The summed E-state index contributed by atoms with van der Waals surface area (Å²) in [4.78, 5) is 34.5. The molecule has 0 saturated carbocycles. The van der Waals surface area contributed by atoms with E-state index in [2.05, 4.69) is 9.97 Å². The highest BCUT2D eigenvalue weighted by molar-refractivity contribution is 7.09. The van der Waals surface area contributed by atoms with Crippen LogP contribution in [0, 0.1) is 0 Å². The molecule has 1 N–H and O–H groups in total. The standard InChI is InChI=1S/C18H18N4O4S/c1-25-8-6-21-17(23)15-16(20-14(19-15)10-13-5-3-9-27-13)22(18(21)24)11-12-4-2-7-26-12/h2-5,7,9H,6,8,10-11H2,1H3,(H,19,20). The maximum Gasteiger partial charge on any atom is 0.333 e. The van der Waals surface area contributed by atoms with Crippen molar-refractivity contribution < 1.29 is 9.15 Å². The average molecular weight is 386 g/mol. The minimum absolute atomic E-state index is 0.168. The van der Waals surface area contributed by atoms with Crippen molar-refractivity contribution in [3.8, 4) is 0 Å². The first kappa shape index (κ1) is 17.5. The summed E-state index contributed by atoms with van der Waals surface area (Å²) >= 11 is 1.61. The van der Waals surface area contributed by atoms with E-state index >= 15 is 0 Å². The van der Waals surface area contributed by atoms with Crippen molar-refractivity contribution in [2.24, 2.45) is 0 Å². The Balaban J connectivity index is 1.87. The number of thiophene rings is 1. The topological polar surface area (TPSA) is 95.1 Å². The summed E-state index contributed by atoms with van der Waals surface area (Å²) in [5.41, 5.74) is -0.187. The minimum Gasteiger partial charge on any atom is -0.467 e. The largest absolute Gasteiger partial charge is 0.467 e. The SMILES string of the molecule is COCCn1c(=O)c2[nH]c(Cc3cccs3)nc2n(Cc2ccco2)c1=O. The lowest BCUT2D eigenvalue weighted by molar-refractivity contribution is 0.184. The van der Waals surface area contributed by atoms with E-state index in [1.54, 1.807) is 29.7 Å². The van der Waals surface area contributed by atoms with E-state index in [9.17, 15) is 9.59 Å². The van der Waals surface area contributed by atoms with Gasteiger partial charge in [-0.1, -0.05) is 6.07 Å². The molecule has 4 aromatic heterocycles. The monoisotopic (exact) mass is 386 g/mol. The maximum absolute atomic E-state index is 12.9. The van der Waals surface area contributed by atoms with E-state index < -0.39 is 11.2 Å². The van der Waals surface area contributed by atoms with Crippen LogP contribution in [0.15, 0.2) is 49.9 Å². The van der Waals surface area contributed by atoms with Crippen molar-refractivity contribution in [2.75, 3.05) is 13.7 Å². The quantitative estimate of drug-likeness (QED) is 0.523. The summed E-state index contributed by atoms with van der Waals surface area (Å²) in [5.74, 6) is 1.25. The van der Waals surface area contributed by atoms with Crippen molar-refractivity contribution in [3.63, 3.8) is 0 Å². The number of hydrogen-bond donors (Lipinski definition) is 1. The van der Waals surface area contributed by atoms with Crippen LogP contribution in [0.4, 0.5) is 0 Å². The van der Waals surface area contributed by atoms with Gasteiger partial charge in [-0.3, -0.25) is 13.9 Å². The van der Waals surface area contributed by atoms with Crippen molar-refractivity contribution in [1.82, 2.24) is 19.1 Å². The third-order valence-corrected chi connectivity index (χ3v) is 5.12. The fourth-order valence-corrected chi connectivity index (χ4v) is 3.67. The van der Waals surface area contributed by atoms with Crippen LogP contribution >= 0.6 is 11.3 Å². The zero-order valence-electron chi connectivity index (χ0n) is 14.7. The zero-order chi connectivity index (χ0) is 18.8. The molecule has 0 aromatic carbocycles. The Morgan fingerprint density at radius 2 is 2.15 bits per heavy atom. The number of nitrogens with zero attached hydrogens (tertiary/aromatic N) is 3. The van der Waals surface area contributed by atoms with Gasteiger partial charge in [0.15, 0.2) is 5.65 Å². The number of rotatable bonds is 7. The van der Waals surface area contributed by atoms with Crippen LogP contribution in [-0.4, -0.2) is 32.8 Å². The summed E-state index contributed by atoms with van der Waals surface area (Å²) in [5, 5.41) is 1.99. The molecule has 0 fully saturated rings. The van der Waals surface area contributed by atoms with Gasteiger partial charge < -0.3 is 14.1 Å². The van der Waals surface area contributed by atoms with Crippen LogP contribution in [0.1, 0.15) is 16.5 Å². The molecule has 27 heavy (non-hydrogen) atoms. The lowest BCUT2D eigenvalue weighted by Gasteiger charge is -2.09. The maximum atomic E-state index is 12.9. The molecule has 0 bridgehead atoms. The Morgan fingerprint density at radius 3 is 2.85 bits per heavy atom. The van der Waals surface area contributed by atoms with Crippen molar-refractivity contribution in [1.29, 1.82) is 0 Å². The van der Waals surface area contributed by atoms with Crippen LogP contribution in [0.5, 0.6) is 0 Å². The molecule has 9 heteroatoms. The number of nitrogens with one attached hydrogen (secondary N) is 1. The average Bonchev–Trinajstić information content (AvgIpc) is 3.41. The number of furan rings is 1. The van der Waals surface area contributed by atoms with Crippen LogP contribution in [0.25, 0.3) is 11.2 Å². The van der Waals surface area contributed by atoms with Gasteiger partial charge in [0.1, 0.15) is 17.1 Å². The number of ether oxygens (including phenoxy) is 1. The molecule has 0 unspecified atom stereocenters. The predicted octanol–water partition coefficient (Wildman–Crippen LogP) is 1.83. The predicted molar refractivity (Wildman–Crippen MR) is 101 cm³/mol. The second kappa shape index (κ2) is 7.37. The van der Waals surface area contributed by atoms with E-state index in [4.69, 9.17) is 9.15 Å². The van der Waals surface area contributed by atoms with Gasteiger partial charge in [0, 0.05) is 18.4 Å². The fourth-order valence-electron chi connectivity index (χ4n) is 2.96. The first-order valence-electron chi connectivity index (χ1n) is 8.43. The number of methoxy groups -OCH3 is 1. The zero-order valence-corrected chi connectivity index (χ0v) is 15.5. The lowest BCUT2D eigenvalue weighted by atomic mass is 10.3. The fraction of sp³-hybridized carbons (Fsp3) is 0.278. The molecule has 4 aromatic rings. The second-order valence-electron chi connectivity index (χ2n) is 6.04. The molecule has 0 atom stereocenters. The molecule has 0 aliphatic heterocycles. The van der Waals surface area contributed by atoms with Crippen molar-refractivity contribution >= 4 is 22.5 Å². The Labute approximate surface area is 157 Å². The van der Waals surface area contributed by atoms with Gasteiger partial charge in [-0.2, -0.15) is 0 Å². The Bertz CT molecular complexity index is 1150. The molecule has 0 amide bonds. The molecular formula is C18H18N4O4S. The van der Waals surface area contributed by atoms with Crippen LogP contribution in [0.2, 0.25) is 0 Å². The Kier molecular flexibility index (Phi) is 4.78. The molecule has 0 saturated heterocycles. The van der Waals surface area contributed by atoms with Crippen molar-refractivity contribution in [2.45, 2.75) is 19.5 Å². The second-order valence-corrected chi connectivity index (χ2v) is 7.07. The molecule has 4 rings (SSSR count). The van der Waals surface area contributed by atoms with E-state index in [-0.39, 0.29) is 19.7 Å². The molecule has 4 heterocycles. The van der Waals surface area contributed by atoms with Gasteiger partial charge in [-0.25, -0.2) is 9.78 Å². The Hall–Kier alpha value is -2.91. The molecular weight excluding hydrogens is 368 g/mol. The molecule has 0 aliphatic carbocycles. The van der Waals surface area contributed by atoms with Crippen LogP contribution < -0.4 is 11.2 Å². The van der Waals surface area contributed by atoms with Crippen molar-refractivity contribution in [3.05, 3.63) is 73.2 Å². The van der Waals surface area contributed by atoms with E-state index in [1.807, 2.05) is 17.5 Å². The molecule has 0 spiro atoms.